The van der Waals surface area contributed by atoms with E-state index in [9.17, 15) is 4.79 Å². The molecule has 1 aromatic heterocycles. The maximum atomic E-state index is 11.1. The lowest BCUT2D eigenvalue weighted by Crippen LogP contribution is -2.38. The number of benzene rings is 1. The minimum absolute atomic E-state index is 0.291. The first-order valence-corrected chi connectivity index (χ1v) is 7.58. The predicted octanol–water partition coefficient (Wildman–Crippen LogP) is 2.76. The van der Waals surface area contributed by atoms with Crippen LogP contribution in [0.25, 0.3) is 10.6 Å². The van der Waals surface area contributed by atoms with Gasteiger partial charge in [0.2, 0.25) is 0 Å². The van der Waals surface area contributed by atoms with E-state index >= 15 is 0 Å². The van der Waals surface area contributed by atoms with Crippen molar-refractivity contribution in [2.75, 3.05) is 0 Å². The summed E-state index contributed by atoms with van der Waals surface area (Å²) in [4.78, 5) is 15.7. The smallest absolute Gasteiger partial charge is 0.320 e. The number of carbonyl (C=O) groups is 1. The number of hydrogen-bond acceptors (Lipinski definition) is 4. The lowest BCUT2D eigenvalue weighted by atomic mass is 10.2. The van der Waals surface area contributed by atoms with Crippen molar-refractivity contribution < 1.29 is 9.90 Å². The van der Waals surface area contributed by atoms with Gasteiger partial charge >= 0.3 is 5.97 Å². The van der Waals surface area contributed by atoms with Crippen LogP contribution in [-0.4, -0.2) is 22.1 Å². The van der Waals surface area contributed by atoms with E-state index in [4.69, 9.17) is 5.11 Å². The molecule has 0 radical (unpaired) electrons. The monoisotopic (exact) mass is 288 g/mol. The molecule has 2 N–H and O–H groups in total. The molecule has 1 atom stereocenters. The second-order valence-corrected chi connectivity index (χ2v) is 5.90. The number of hydrogen-bond donors (Lipinski definition) is 2. The average Bonchev–Trinajstić information content (AvgIpc) is 3.17. The Morgan fingerprint density at radius 2 is 2.15 bits per heavy atom. The minimum Gasteiger partial charge on any atom is -0.480 e. The molecule has 2 aromatic rings. The Hall–Kier alpha value is -1.72. The van der Waals surface area contributed by atoms with Gasteiger partial charge in [-0.2, -0.15) is 0 Å². The van der Waals surface area contributed by atoms with Crippen molar-refractivity contribution in [1.29, 1.82) is 0 Å². The molecule has 20 heavy (non-hydrogen) atoms. The second kappa shape index (κ2) is 5.73. The molecule has 1 aromatic carbocycles. The van der Waals surface area contributed by atoms with Crippen molar-refractivity contribution in [2.24, 2.45) is 5.92 Å². The summed E-state index contributed by atoms with van der Waals surface area (Å²) < 4.78 is 0. The third kappa shape index (κ3) is 3.05. The molecule has 1 unspecified atom stereocenters. The highest BCUT2D eigenvalue weighted by Gasteiger charge is 2.35. The molecule has 0 saturated heterocycles. The van der Waals surface area contributed by atoms with Crippen LogP contribution in [0.5, 0.6) is 0 Å². The minimum atomic E-state index is -0.758. The Morgan fingerprint density at radius 3 is 2.80 bits per heavy atom. The fourth-order valence-corrected chi connectivity index (χ4v) is 3.03. The number of thiazole rings is 1. The van der Waals surface area contributed by atoms with Gasteiger partial charge in [-0.3, -0.25) is 10.1 Å². The van der Waals surface area contributed by atoms with Crippen LogP contribution in [0.2, 0.25) is 0 Å². The van der Waals surface area contributed by atoms with Gasteiger partial charge in [0, 0.05) is 17.5 Å². The Balaban J connectivity index is 1.64. The molecule has 1 fully saturated rings. The first kappa shape index (κ1) is 13.3. The van der Waals surface area contributed by atoms with Gasteiger partial charge in [-0.15, -0.1) is 11.3 Å². The molecule has 1 aliphatic carbocycles. The van der Waals surface area contributed by atoms with E-state index in [0.29, 0.717) is 12.5 Å². The van der Waals surface area contributed by atoms with Gasteiger partial charge in [0.25, 0.3) is 0 Å². The number of aromatic nitrogens is 1. The van der Waals surface area contributed by atoms with Crippen LogP contribution in [-0.2, 0) is 11.3 Å². The Kier molecular flexibility index (Phi) is 3.80. The lowest BCUT2D eigenvalue weighted by Gasteiger charge is -2.11. The normalized spacial score (nSPS) is 16.0. The zero-order valence-corrected chi connectivity index (χ0v) is 11.8. The van der Waals surface area contributed by atoms with Crippen molar-refractivity contribution in [1.82, 2.24) is 10.3 Å². The second-order valence-electron chi connectivity index (χ2n) is 5.04. The molecular formula is C15H16N2O2S. The largest absolute Gasteiger partial charge is 0.480 e. The third-order valence-electron chi connectivity index (χ3n) is 3.44. The maximum Gasteiger partial charge on any atom is 0.320 e. The van der Waals surface area contributed by atoms with E-state index < -0.39 is 12.0 Å². The highest BCUT2D eigenvalue weighted by atomic mass is 32.1. The van der Waals surface area contributed by atoms with Gasteiger partial charge in [-0.05, 0) is 18.8 Å². The topological polar surface area (TPSA) is 62.2 Å². The fraction of sp³-hybridized carbons (Fsp3) is 0.333. The number of aliphatic carboxylic acids is 1. The average molecular weight is 288 g/mol. The number of rotatable bonds is 6. The summed E-state index contributed by atoms with van der Waals surface area (Å²) in [6, 6.07) is 9.58. The highest BCUT2D eigenvalue weighted by Crippen LogP contribution is 2.33. The van der Waals surface area contributed by atoms with Crippen LogP contribution < -0.4 is 5.32 Å². The number of carboxylic acid groups (broad SMARTS) is 1. The van der Waals surface area contributed by atoms with Crippen molar-refractivity contribution in [2.45, 2.75) is 25.4 Å². The molecular weight excluding hydrogens is 272 g/mol. The standard InChI is InChI=1S/C15H16N2O2S/c18-15(19)13(10-6-7-10)16-8-12-9-20-14(17-12)11-4-2-1-3-5-11/h1-5,9-10,13,16H,6-8H2,(H,18,19). The number of nitrogens with zero attached hydrogens (tertiary/aromatic N) is 1. The Bertz CT molecular complexity index is 593. The van der Waals surface area contributed by atoms with Crippen molar-refractivity contribution in [3.63, 3.8) is 0 Å². The van der Waals surface area contributed by atoms with Gasteiger partial charge in [0.1, 0.15) is 11.0 Å². The SMILES string of the molecule is O=C(O)C(NCc1csc(-c2ccccc2)n1)C1CC1. The highest BCUT2D eigenvalue weighted by molar-refractivity contribution is 7.13. The van der Waals surface area contributed by atoms with Crippen molar-refractivity contribution >= 4 is 17.3 Å². The summed E-state index contributed by atoms with van der Waals surface area (Å²) in [7, 11) is 0. The van der Waals surface area contributed by atoms with Crippen LogP contribution in [0, 0.1) is 5.92 Å². The summed E-state index contributed by atoms with van der Waals surface area (Å²) in [5, 5.41) is 15.2. The van der Waals surface area contributed by atoms with Crippen LogP contribution in [0.4, 0.5) is 0 Å². The maximum absolute atomic E-state index is 11.1. The van der Waals surface area contributed by atoms with Crippen LogP contribution in [0.15, 0.2) is 35.7 Å². The third-order valence-corrected chi connectivity index (χ3v) is 4.38. The summed E-state index contributed by atoms with van der Waals surface area (Å²) in [5.74, 6) is -0.467. The summed E-state index contributed by atoms with van der Waals surface area (Å²) in [6.07, 6.45) is 2.02. The summed E-state index contributed by atoms with van der Waals surface area (Å²) in [5.41, 5.74) is 2.00. The molecule has 0 amide bonds. The lowest BCUT2D eigenvalue weighted by molar-refractivity contribution is -0.140. The van der Waals surface area contributed by atoms with E-state index in [-0.39, 0.29) is 0 Å². The van der Waals surface area contributed by atoms with Crippen LogP contribution >= 0.6 is 11.3 Å². The molecule has 1 saturated carbocycles. The van der Waals surface area contributed by atoms with Crippen LogP contribution in [0.3, 0.4) is 0 Å². The predicted molar refractivity (Wildman–Crippen MR) is 78.5 cm³/mol. The molecule has 1 aliphatic rings. The molecule has 0 bridgehead atoms. The number of carboxylic acids is 1. The van der Waals surface area contributed by atoms with E-state index in [1.54, 1.807) is 11.3 Å². The summed E-state index contributed by atoms with van der Waals surface area (Å²) >= 11 is 1.59. The van der Waals surface area contributed by atoms with E-state index in [0.717, 1.165) is 29.1 Å². The van der Waals surface area contributed by atoms with Gasteiger partial charge in [-0.25, -0.2) is 4.98 Å². The van der Waals surface area contributed by atoms with Gasteiger partial charge in [0.15, 0.2) is 0 Å². The van der Waals surface area contributed by atoms with E-state index in [1.807, 2.05) is 35.7 Å². The molecule has 0 spiro atoms. The molecule has 5 heteroatoms. The zero-order chi connectivity index (χ0) is 13.9. The zero-order valence-electron chi connectivity index (χ0n) is 11.0. The van der Waals surface area contributed by atoms with Crippen molar-refractivity contribution in [3.8, 4) is 10.6 Å². The Morgan fingerprint density at radius 1 is 1.40 bits per heavy atom. The Labute approximate surface area is 121 Å². The summed E-state index contributed by atoms with van der Waals surface area (Å²) in [6.45, 7) is 0.511. The quantitative estimate of drug-likeness (QED) is 0.858. The molecule has 104 valence electrons. The fourth-order valence-electron chi connectivity index (χ4n) is 2.20. The first-order valence-electron chi connectivity index (χ1n) is 6.70. The number of nitrogens with one attached hydrogen (secondary N) is 1. The van der Waals surface area contributed by atoms with E-state index in [2.05, 4.69) is 10.3 Å². The first-order chi connectivity index (χ1) is 9.74. The van der Waals surface area contributed by atoms with Crippen LogP contribution in [0.1, 0.15) is 18.5 Å². The molecule has 0 aliphatic heterocycles. The van der Waals surface area contributed by atoms with Gasteiger partial charge in [-0.1, -0.05) is 30.3 Å². The molecule has 1 heterocycles. The van der Waals surface area contributed by atoms with E-state index in [1.165, 1.54) is 0 Å². The van der Waals surface area contributed by atoms with Crippen molar-refractivity contribution in [3.05, 3.63) is 41.4 Å². The molecule has 3 rings (SSSR count). The van der Waals surface area contributed by atoms with Gasteiger partial charge < -0.3 is 5.11 Å². The molecule has 4 nitrogen and oxygen atoms in total. The van der Waals surface area contributed by atoms with Gasteiger partial charge in [0.05, 0.1) is 5.69 Å².